The zero-order valence-electron chi connectivity index (χ0n) is 14.1. The minimum Gasteiger partial charge on any atom is -0.353 e. The SMILES string of the molecule is Cc1nc(N2CCN(S(C)(=O)=O)CC2)c2c3c(sc2n1)CCCC3. The summed E-state index contributed by atoms with van der Waals surface area (Å²) in [4.78, 5) is 14.2. The van der Waals surface area contributed by atoms with Crippen molar-refractivity contribution in [2.24, 2.45) is 0 Å². The van der Waals surface area contributed by atoms with Gasteiger partial charge in [-0.05, 0) is 38.2 Å². The summed E-state index contributed by atoms with van der Waals surface area (Å²) in [6.07, 6.45) is 6.03. The van der Waals surface area contributed by atoms with Gasteiger partial charge in [0.1, 0.15) is 16.5 Å². The van der Waals surface area contributed by atoms with E-state index >= 15 is 0 Å². The summed E-state index contributed by atoms with van der Waals surface area (Å²) in [5.74, 6) is 1.80. The molecule has 4 rings (SSSR count). The van der Waals surface area contributed by atoms with E-state index in [1.54, 1.807) is 4.31 Å². The summed E-state index contributed by atoms with van der Waals surface area (Å²) < 4.78 is 25.0. The van der Waals surface area contributed by atoms with Crippen molar-refractivity contribution < 1.29 is 8.42 Å². The zero-order chi connectivity index (χ0) is 16.9. The molecule has 1 aliphatic heterocycles. The fourth-order valence-corrected chi connectivity index (χ4v) is 5.83. The van der Waals surface area contributed by atoms with Gasteiger partial charge in [0.25, 0.3) is 0 Å². The molecule has 0 N–H and O–H groups in total. The first-order chi connectivity index (χ1) is 11.4. The topological polar surface area (TPSA) is 66.4 Å². The highest BCUT2D eigenvalue weighted by molar-refractivity contribution is 7.88. The van der Waals surface area contributed by atoms with E-state index in [1.807, 2.05) is 18.3 Å². The fourth-order valence-electron chi connectivity index (χ4n) is 3.70. The van der Waals surface area contributed by atoms with E-state index in [4.69, 9.17) is 4.98 Å². The number of hydrogen-bond donors (Lipinski definition) is 0. The number of aromatic nitrogens is 2. The molecule has 0 amide bonds. The van der Waals surface area contributed by atoms with Crippen molar-refractivity contribution >= 4 is 37.4 Å². The summed E-state index contributed by atoms with van der Waals surface area (Å²) >= 11 is 1.81. The van der Waals surface area contributed by atoms with Gasteiger partial charge >= 0.3 is 0 Å². The number of nitrogens with zero attached hydrogens (tertiary/aromatic N) is 4. The average Bonchev–Trinajstić information content (AvgIpc) is 2.91. The standard InChI is InChI=1S/C16H22N4O2S2/c1-11-17-15(19-7-9-20(10-8-19)24(2,21)22)14-12-5-3-4-6-13(12)23-16(14)18-11/h3-10H2,1-2H3. The third-order valence-electron chi connectivity index (χ3n) is 4.91. The minimum absolute atomic E-state index is 0.524. The van der Waals surface area contributed by atoms with Crippen LogP contribution in [-0.4, -0.2) is 55.1 Å². The molecule has 0 aromatic carbocycles. The molecule has 2 aromatic rings. The smallest absolute Gasteiger partial charge is 0.211 e. The van der Waals surface area contributed by atoms with Crippen molar-refractivity contribution in [1.29, 1.82) is 0 Å². The van der Waals surface area contributed by atoms with Gasteiger partial charge in [-0.15, -0.1) is 11.3 Å². The van der Waals surface area contributed by atoms with Crippen LogP contribution < -0.4 is 4.90 Å². The average molecular weight is 367 g/mol. The lowest BCUT2D eigenvalue weighted by Crippen LogP contribution is -2.48. The van der Waals surface area contributed by atoms with Crippen LogP contribution in [0.1, 0.15) is 29.1 Å². The molecule has 0 unspecified atom stereocenters. The number of aryl methyl sites for hydroxylation is 3. The molecular weight excluding hydrogens is 344 g/mol. The van der Waals surface area contributed by atoms with E-state index < -0.39 is 10.0 Å². The second-order valence-corrected chi connectivity index (χ2v) is 9.70. The summed E-state index contributed by atoms with van der Waals surface area (Å²) in [5.41, 5.74) is 1.43. The summed E-state index contributed by atoms with van der Waals surface area (Å²) in [5, 5.41) is 1.22. The van der Waals surface area contributed by atoms with E-state index in [1.165, 1.54) is 34.9 Å². The van der Waals surface area contributed by atoms with Gasteiger partial charge < -0.3 is 4.90 Å². The van der Waals surface area contributed by atoms with E-state index in [0.29, 0.717) is 26.2 Å². The Labute approximate surface area is 146 Å². The predicted octanol–water partition coefficient (Wildman–Crippen LogP) is 1.96. The Balaban J connectivity index is 1.73. The number of hydrogen-bond acceptors (Lipinski definition) is 6. The first-order valence-electron chi connectivity index (χ1n) is 8.42. The van der Waals surface area contributed by atoms with E-state index in [-0.39, 0.29) is 0 Å². The zero-order valence-corrected chi connectivity index (χ0v) is 15.7. The normalized spacial score (nSPS) is 19.7. The van der Waals surface area contributed by atoms with Crippen molar-refractivity contribution in [1.82, 2.24) is 14.3 Å². The van der Waals surface area contributed by atoms with Crippen LogP contribution in [0.25, 0.3) is 10.2 Å². The van der Waals surface area contributed by atoms with Gasteiger partial charge in [-0.25, -0.2) is 18.4 Å². The molecule has 6 nitrogen and oxygen atoms in total. The second kappa shape index (κ2) is 5.93. The molecule has 1 saturated heterocycles. The molecular formula is C16H22N4O2S2. The summed E-state index contributed by atoms with van der Waals surface area (Å²) in [7, 11) is -3.11. The van der Waals surface area contributed by atoms with Gasteiger partial charge in [0.15, 0.2) is 0 Å². The highest BCUT2D eigenvalue weighted by Gasteiger charge is 2.28. The molecule has 3 heterocycles. The van der Waals surface area contributed by atoms with Gasteiger partial charge in [0.2, 0.25) is 10.0 Å². The van der Waals surface area contributed by atoms with Crippen LogP contribution >= 0.6 is 11.3 Å². The molecule has 130 valence electrons. The highest BCUT2D eigenvalue weighted by atomic mass is 32.2. The summed E-state index contributed by atoms with van der Waals surface area (Å²) in [6, 6.07) is 0. The third kappa shape index (κ3) is 2.80. The van der Waals surface area contributed by atoms with Crippen LogP contribution in [0.2, 0.25) is 0 Å². The number of sulfonamides is 1. The Hall–Kier alpha value is -1.25. The van der Waals surface area contributed by atoms with E-state index in [9.17, 15) is 8.42 Å². The van der Waals surface area contributed by atoms with Crippen LogP contribution in [0.5, 0.6) is 0 Å². The lowest BCUT2D eigenvalue weighted by molar-refractivity contribution is 0.387. The molecule has 0 bridgehead atoms. The Bertz CT molecular complexity index is 883. The Kier molecular flexibility index (Phi) is 4.01. The van der Waals surface area contributed by atoms with Crippen molar-refractivity contribution in [2.75, 3.05) is 37.3 Å². The molecule has 8 heteroatoms. The van der Waals surface area contributed by atoms with Gasteiger partial charge in [0.05, 0.1) is 11.6 Å². The number of rotatable bonds is 2. The van der Waals surface area contributed by atoms with Crippen LogP contribution in [-0.2, 0) is 22.9 Å². The van der Waals surface area contributed by atoms with Crippen molar-refractivity contribution in [3.8, 4) is 0 Å². The second-order valence-electron chi connectivity index (χ2n) is 6.63. The van der Waals surface area contributed by atoms with Crippen LogP contribution in [0.15, 0.2) is 0 Å². The van der Waals surface area contributed by atoms with Crippen LogP contribution in [0.3, 0.4) is 0 Å². The van der Waals surface area contributed by atoms with Crippen molar-refractivity contribution in [2.45, 2.75) is 32.6 Å². The number of piperazine rings is 1. The van der Waals surface area contributed by atoms with E-state index in [2.05, 4.69) is 9.88 Å². The molecule has 0 spiro atoms. The molecule has 0 saturated carbocycles. The largest absolute Gasteiger partial charge is 0.353 e. The quantitative estimate of drug-likeness (QED) is 0.813. The Morgan fingerprint density at radius 3 is 2.46 bits per heavy atom. The molecule has 0 radical (unpaired) electrons. The summed E-state index contributed by atoms with van der Waals surface area (Å²) in [6.45, 7) is 4.35. The number of anilines is 1. The highest BCUT2D eigenvalue weighted by Crippen LogP contribution is 2.39. The molecule has 24 heavy (non-hydrogen) atoms. The first-order valence-corrected chi connectivity index (χ1v) is 11.1. The number of fused-ring (bicyclic) bond motifs is 3. The van der Waals surface area contributed by atoms with Gasteiger partial charge in [-0.2, -0.15) is 4.31 Å². The molecule has 2 aromatic heterocycles. The maximum atomic E-state index is 11.7. The first kappa shape index (κ1) is 16.2. The van der Waals surface area contributed by atoms with Crippen molar-refractivity contribution in [3.63, 3.8) is 0 Å². The Morgan fingerprint density at radius 1 is 1.04 bits per heavy atom. The Morgan fingerprint density at radius 2 is 1.75 bits per heavy atom. The maximum absolute atomic E-state index is 11.7. The van der Waals surface area contributed by atoms with Gasteiger partial charge in [0, 0.05) is 31.1 Å². The van der Waals surface area contributed by atoms with Crippen LogP contribution in [0.4, 0.5) is 5.82 Å². The number of thiophene rings is 1. The maximum Gasteiger partial charge on any atom is 0.211 e. The fraction of sp³-hybridized carbons (Fsp3) is 0.625. The van der Waals surface area contributed by atoms with Gasteiger partial charge in [-0.3, -0.25) is 0 Å². The van der Waals surface area contributed by atoms with E-state index in [0.717, 1.165) is 29.3 Å². The third-order valence-corrected chi connectivity index (χ3v) is 7.40. The molecule has 1 fully saturated rings. The van der Waals surface area contributed by atoms with Crippen molar-refractivity contribution in [3.05, 3.63) is 16.3 Å². The van der Waals surface area contributed by atoms with Crippen LogP contribution in [0, 0.1) is 6.92 Å². The lowest BCUT2D eigenvalue weighted by atomic mass is 9.97. The van der Waals surface area contributed by atoms with Gasteiger partial charge in [-0.1, -0.05) is 0 Å². The molecule has 2 aliphatic rings. The minimum atomic E-state index is -3.11. The lowest BCUT2D eigenvalue weighted by Gasteiger charge is -2.34. The monoisotopic (exact) mass is 366 g/mol. The molecule has 0 atom stereocenters. The molecule has 1 aliphatic carbocycles. The predicted molar refractivity (Wildman–Crippen MR) is 97.4 cm³/mol.